The van der Waals surface area contributed by atoms with Crippen molar-refractivity contribution in [3.05, 3.63) is 29.3 Å². The molecule has 2 aromatic rings. The van der Waals surface area contributed by atoms with E-state index in [2.05, 4.69) is 20.0 Å². The van der Waals surface area contributed by atoms with Gasteiger partial charge in [0.2, 0.25) is 11.8 Å². The fourth-order valence-corrected chi connectivity index (χ4v) is 3.33. The molecule has 2 atom stereocenters. The molecule has 0 aliphatic carbocycles. The van der Waals surface area contributed by atoms with Crippen molar-refractivity contribution in [1.82, 2.24) is 19.7 Å². The fourth-order valence-electron chi connectivity index (χ4n) is 3.33. The van der Waals surface area contributed by atoms with Crippen molar-refractivity contribution in [2.45, 2.75) is 19.8 Å². The Morgan fingerprint density at radius 3 is 2.67 bits per heavy atom. The highest BCUT2D eigenvalue weighted by Crippen LogP contribution is 2.36. The Balaban J connectivity index is 1.97. The van der Waals surface area contributed by atoms with Gasteiger partial charge in [-0.25, -0.2) is 4.98 Å². The van der Waals surface area contributed by atoms with E-state index in [4.69, 9.17) is 10.5 Å². The number of aromatic nitrogens is 4. The summed E-state index contributed by atoms with van der Waals surface area (Å²) in [6.45, 7) is 4.92. The first-order valence-electron chi connectivity index (χ1n) is 7.82. The number of hydrogen-bond acceptors (Lipinski definition) is 6. The topological polar surface area (TPSA) is 99.2 Å². The molecule has 1 saturated heterocycles. The van der Waals surface area contributed by atoms with Gasteiger partial charge in [0.15, 0.2) is 0 Å². The van der Waals surface area contributed by atoms with Gasteiger partial charge in [-0.15, -0.1) is 0 Å². The van der Waals surface area contributed by atoms with Crippen LogP contribution in [0.1, 0.15) is 22.9 Å². The smallest absolute Gasteiger partial charge is 0.223 e. The van der Waals surface area contributed by atoms with Gasteiger partial charge >= 0.3 is 0 Å². The fraction of sp³-hybridized carbons (Fsp3) is 0.500. The molecule has 24 heavy (non-hydrogen) atoms. The summed E-state index contributed by atoms with van der Waals surface area (Å²) in [6, 6.07) is 0. The largest absolute Gasteiger partial charge is 0.481 e. The number of rotatable bonds is 4. The minimum atomic E-state index is -0.304. The predicted octanol–water partition coefficient (Wildman–Crippen LogP) is 0.541. The molecule has 2 aromatic heterocycles. The van der Waals surface area contributed by atoms with Gasteiger partial charge in [-0.1, -0.05) is 0 Å². The summed E-state index contributed by atoms with van der Waals surface area (Å²) < 4.78 is 7.07. The Morgan fingerprint density at radius 2 is 2.08 bits per heavy atom. The van der Waals surface area contributed by atoms with E-state index in [9.17, 15) is 4.79 Å². The normalized spacial score (nSPS) is 20.4. The van der Waals surface area contributed by atoms with Crippen LogP contribution in [-0.4, -0.2) is 45.9 Å². The Labute approximate surface area is 140 Å². The zero-order valence-electron chi connectivity index (χ0n) is 14.4. The van der Waals surface area contributed by atoms with Gasteiger partial charge in [0.05, 0.1) is 24.8 Å². The van der Waals surface area contributed by atoms with Gasteiger partial charge in [0, 0.05) is 32.3 Å². The summed E-state index contributed by atoms with van der Waals surface area (Å²) in [5.74, 6) is 1.39. The lowest BCUT2D eigenvalue weighted by molar-refractivity contribution is -0.121. The number of ether oxygens (including phenoxy) is 1. The van der Waals surface area contributed by atoms with Crippen molar-refractivity contribution in [1.29, 1.82) is 0 Å². The van der Waals surface area contributed by atoms with Crippen molar-refractivity contribution >= 4 is 11.7 Å². The minimum absolute atomic E-state index is 0.00290. The third kappa shape index (κ3) is 2.79. The lowest BCUT2D eigenvalue weighted by Gasteiger charge is -2.20. The molecule has 3 heterocycles. The lowest BCUT2D eigenvalue weighted by Crippen LogP contribution is -2.29. The van der Waals surface area contributed by atoms with Crippen LogP contribution in [0, 0.1) is 19.8 Å². The quantitative estimate of drug-likeness (QED) is 0.878. The number of amides is 1. The standard InChI is InChI=1S/C16H22N6O2/c1-9-15(19-10(2)20-16(9)24-4)22-7-12(13(8-22)14(17)23)11-5-18-21(3)6-11/h5-6,12-13H,7-8H2,1-4H3,(H2,17,23)/t12-,13+/m1/s1. The molecule has 0 radical (unpaired) electrons. The van der Waals surface area contributed by atoms with Crippen LogP contribution in [0.3, 0.4) is 0 Å². The second-order valence-corrected chi connectivity index (χ2v) is 6.20. The van der Waals surface area contributed by atoms with E-state index in [-0.39, 0.29) is 17.7 Å². The summed E-state index contributed by atoms with van der Waals surface area (Å²) >= 11 is 0. The van der Waals surface area contributed by atoms with Crippen molar-refractivity contribution < 1.29 is 9.53 Å². The van der Waals surface area contributed by atoms with E-state index in [1.165, 1.54) is 0 Å². The van der Waals surface area contributed by atoms with Crippen molar-refractivity contribution in [3.63, 3.8) is 0 Å². The molecule has 8 nitrogen and oxygen atoms in total. The van der Waals surface area contributed by atoms with Crippen molar-refractivity contribution in [3.8, 4) is 5.88 Å². The Bertz CT molecular complexity index is 772. The summed E-state index contributed by atoms with van der Waals surface area (Å²) in [6.07, 6.45) is 3.73. The Morgan fingerprint density at radius 1 is 1.33 bits per heavy atom. The van der Waals surface area contributed by atoms with Crippen LogP contribution in [0.4, 0.5) is 5.82 Å². The molecule has 1 aliphatic heterocycles. The first-order chi connectivity index (χ1) is 11.4. The maximum absolute atomic E-state index is 12.0. The van der Waals surface area contributed by atoms with Gasteiger partial charge in [-0.05, 0) is 19.4 Å². The number of aryl methyl sites for hydroxylation is 2. The zero-order valence-corrected chi connectivity index (χ0v) is 14.4. The molecule has 1 amide bonds. The molecular formula is C16H22N6O2. The van der Waals surface area contributed by atoms with E-state index in [0.717, 1.165) is 16.9 Å². The number of primary amides is 1. The monoisotopic (exact) mass is 330 g/mol. The van der Waals surface area contributed by atoms with Crippen LogP contribution in [0.2, 0.25) is 0 Å². The molecule has 1 fully saturated rings. The molecule has 1 aliphatic rings. The zero-order chi connectivity index (χ0) is 17.4. The summed E-state index contributed by atoms with van der Waals surface area (Å²) in [5.41, 5.74) is 7.52. The maximum atomic E-state index is 12.0. The number of nitrogens with two attached hydrogens (primary N) is 1. The van der Waals surface area contributed by atoms with Gasteiger partial charge < -0.3 is 15.4 Å². The van der Waals surface area contributed by atoms with Crippen LogP contribution >= 0.6 is 0 Å². The van der Waals surface area contributed by atoms with Crippen LogP contribution in [0.15, 0.2) is 12.4 Å². The SMILES string of the molecule is COc1nc(C)nc(N2C[C@H](C(N)=O)[C@@H](c3cnn(C)c3)C2)c1C. The molecule has 0 aromatic carbocycles. The number of anilines is 1. The molecule has 128 valence electrons. The number of carbonyl (C=O) groups is 1. The average Bonchev–Trinajstić information content (AvgIpc) is 3.15. The van der Waals surface area contributed by atoms with Gasteiger partial charge in [-0.2, -0.15) is 10.1 Å². The second kappa shape index (κ2) is 6.10. The average molecular weight is 330 g/mol. The first kappa shape index (κ1) is 16.2. The van der Waals surface area contributed by atoms with Crippen LogP contribution in [-0.2, 0) is 11.8 Å². The van der Waals surface area contributed by atoms with E-state index in [1.54, 1.807) is 18.0 Å². The molecule has 8 heteroatoms. The van der Waals surface area contributed by atoms with Crippen LogP contribution in [0.25, 0.3) is 0 Å². The van der Waals surface area contributed by atoms with E-state index in [0.29, 0.717) is 24.8 Å². The molecule has 0 unspecified atom stereocenters. The third-order valence-electron chi connectivity index (χ3n) is 4.52. The number of hydrogen-bond donors (Lipinski definition) is 1. The molecule has 0 bridgehead atoms. The molecule has 0 saturated carbocycles. The molecule has 2 N–H and O–H groups in total. The van der Waals surface area contributed by atoms with Crippen molar-refractivity contribution in [2.24, 2.45) is 18.7 Å². The molecule has 0 spiro atoms. The van der Waals surface area contributed by atoms with Gasteiger partial charge in [-0.3, -0.25) is 9.48 Å². The number of methoxy groups -OCH3 is 1. The maximum Gasteiger partial charge on any atom is 0.223 e. The second-order valence-electron chi connectivity index (χ2n) is 6.20. The molecular weight excluding hydrogens is 308 g/mol. The summed E-state index contributed by atoms with van der Waals surface area (Å²) in [4.78, 5) is 22.9. The lowest BCUT2D eigenvalue weighted by atomic mass is 9.90. The highest BCUT2D eigenvalue weighted by molar-refractivity contribution is 5.79. The number of carbonyl (C=O) groups excluding carboxylic acids is 1. The minimum Gasteiger partial charge on any atom is -0.481 e. The van der Waals surface area contributed by atoms with Crippen molar-refractivity contribution in [2.75, 3.05) is 25.1 Å². The van der Waals surface area contributed by atoms with E-state index in [1.807, 2.05) is 27.1 Å². The van der Waals surface area contributed by atoms with Gasteiger partial charge in [0.25, 0.3) is 0 Å². The summed E-state index contributed by atoms with van der Waals surface area (Å²) in [5, 5.41) is 4.21. The van der Waals surface area contributed by atoms with Gasteiger partial charge in [0.1, 0.15) is 11.6 Å². The molecule has 3 rings (SSSR count). The Hall–Kier alpha value is -2.64. The predicted molar refractivity (Wildman–Crippen MR) is 88.9 cm³/mol. The van der Waals surface area contributed by atoms with Crippen LogP contribution < -0.4 is 15.4 Å². The summed E-state index contributed by atoms with van der Waals surface area (Å²) in [7, 11) is 3.45. The van der Waals surface area contributed by atoms with E-state index < -0.39 is 0 Å². The Kier molecular flexibility index (Phi) is 4.13. The number of nitrogens with zero attached hydrogens (tertiary/aromatic N) is 5. The first-order valence-corrected chi connectivity index (χ1v) is 7.82. The van der Waals surface area contributed by atoms with Crippen LogP contribution in [0.5, 0.6) is 5.88 Å². The highest BCUT2D eigenvalue weighted by atomic mass is 16.5. The van der Waals surface area contributed by atoms with E-state index >= 15 is 0 Å². The highest BCUT2D eigenvalue weighted by Gasteiger charge is 2.39. The third-order valence-corrected chi connectivity index (χ3v) is 4.52.